The van der Waals surface area contributed by atoms with Gasteiger partial charge in [0.1, 0.15) is 5.65 Å². The van der Waals surface area contributed by atoms with Gasteiger partial charge in [-0.2, -0.15) is 0 Å². The summed E-state index contributed by atoms with van der Waals surface area (Å²) in [6.45, 7) is 10.5. The smallest absolute Gasteiger partial charge is 0.255 e. The van der Waals surface area contributed by atoms with E-state index in [0.717, 1.165) is 62.1 Å². The molecule has 31 heavy (non-hydrogen) atoms. The Balaban J connectivity index is 1.70. The third-order valence-corrected chi connectivity index (χ3v) is 5.86. The monoisotopic (exact) mass is 422 g/mol. The van der Waals surface area contributed by atoms with Gasteiger partial charge in [-0.3, -0.25) is 9.79 Å². The van der Waals surface area contributed by atoms with Crippen LogP contribution in [0.2, 0.25) is 0 Å². The van der Waals surface area contributed by atoms with Crippen LogP contribution in [0.25, 0.3) is 11.2 Å². The second kappa shape index (κ2) is 11.0. The summed E-state index contributed by atoms with van der Waals surface area (Å²) in [5.41, 5.74) is 4.17. The highest BCUT2D eigenvalue weighted by atomic mass is 16.5. The molecule has 1 aliphatic rings. The fourth-order valence-electron chi connectivity index (χ4n) is 3.98. The Labute approximate surface area is 185 Å². The van der Waals surface area contributed by atoms with Crippen LogP contribution in [0.1, 0.15) is 74.1 Å². The highest BCUT2D eigenvalue weighted by Gasteiger charge is 2.24. The Bertz CT molecular complexity index is 965. The molecule has 1 amide bonds. The highest BCUT2D eigenvalue weighted by molar-refractivity contribution is 6.00. The van der Waals surface area contributed by atoms with E-state index in [2.05, 4.69) is 24.0 Å². The van der Waals surface area contributed by atoms with E-state index >= 15 is 0 Å². The zero-order valence-electron chi connectivity index (χ0n) is 18.9. The second-order valence-corrected chi connectivity index (χ2v) is 8.25. The predicted octanol–water partition coefficient (Wildman–Crippen LogP) is 5.12. The van der Waals surface area contributed by atoms with Gasteiger partial charge in [-0.1, -0.05) is 19.4 Å². The Morgan fingerprint density at radius 1 is 1.39 bits per heavy atom. The second-order valence-electron chi connectivity index (χ2n) is 8.25. The SMILES string of the molecule is C=N/C=C\C=C(/C)c1cc(C)n2ccc(C(=O)N[C@H]3CC[C@H](OCCCC)CC3)c2n1. The number of amides is 1. The van der Waals surface area contributed by atoms with Gasteiger partial charge in [-0.25, -0.2) is 4.98 Å². The third kappa shape index (κ3) is 5.91. The van der Waals surface area contributed by atoms with Gasteiger partial charge in [0.15, 0.2) is 0 Å². The first kappa shape index (κ1) is 22.9. The molecular formula is C25H34N4O2. The maximum Gasteiger partial charge on any atom is 0.255 e. The predicted molar refractivity (Wildman–Crippen MR) is 127 cm³/mol. The lowest BCUT2D eigenvalue weighted by molar-refractivity contribution is 0.0209. The minimum Gasteiger partial charge on any atom is -0.378 e. The number of nitrogens with one attached hydrogen (secondary N) is 1. The molecular weight excluding hydrogens is 388 g/mol. The van der Waals surface area contributed by atoms with Gasteiger partial charge < -0.3 is 14.5 Å². The molecule has 0 aliphatic heterocycles. The first-order valence-corrected chi connectivity index (χ1v) is 11.2. The summed E-state index contributed by atoms with van der Waals surface area (Å²) >= 11 is 0. The molecule has 0 saturated heterocycles. The molecule has 6 heteroatoms. The number of hydrogen-bond acceptors (Lipinski definition) is 4. The Kier molecular flexibility index (Phi) is 8.18. The van der Waals surface area contributed by atoms with Crippen LogP contribution in [0.3, 0.4) is 0 Å². The van der Waals surface area contributed by atoms with Crippen molar-refractivity contribution in [3.05, 3.63) is 53.6 Å². The molecule has 6 nitrogen and oxygen atoms in total. The Hall–Kier alpha value is -2.73. The molecule has 0 radical (unpaired) electrons. The Morgan fingerprint density at radius 2 is 2.16 bits per heavy atom. The van der Waals surface area contributed by atoms with Crippen LogP contribution in [0.4, 0.5) is 0 Å². The fourth-order valence-corrected chi connectivity index (χ4v) is 3.98. The lowest BCUT2D eigenvalue weighted by Gasteiger charge is -2.29. The van der Waals surface area contributed by atoms with Crippen molar-refractivity contribution in [3.8, 4) is 0 Å². The molecule has 2 aromatic rings. The number of carbonyl (C=O) groups is 1. The maximum atomic E-state index is 13.0. The average Bonchev–Trinajstić information content (AvgIpc) is 3.20. The summed E-state index contributed by atoms with van der Waals surface area (Å²) in [5, 5.41) is 3.22. The first-order chi connectivity index (χ1) is 15.0. The van der Waals surface area contributed by atoms with Crippen LogP contribution in [-0.2, 0) is 4.74 Å². The van der Waals surface area contributed by atoms with E-state index in [-0.39, 0.29) is 11.9 Å². The molecule has 1 fully saturated rings. The van der Waals surface area contributed by atoms with Crippen molar-refractivity contribution >= 4 is 23.8 Å². The first-order valence-electron chi connectivity index (χ1n) is 11.2. The molecule has 0 bridgehead atoms. The van der Waals surface area contributed by atoms with E-state index in [1.165, 1.54) is 0 Å². The number of unbranched alkanes of at least 4 members (excludes halogenated alkanes) is 1. The van der Waals surface area contributed by atoms with Gasteiger partial charge in [0.05, 0.1) is 17.4 Å². The number of aromatic nitrogens is 2. The summed E-state index contributed by atoms with van der Waals surface area (Å²) in [4.78, 5) is 21.5. The van der Waals surface area contributed by atoms with Crippen molar-refractivity contribution in [2.75, 3.05) is 6.61 Å². The van der Waals surface area contributed by atoms with Gasteiger partial charge in [0.25, 0.3) is 5.91 Å². The molecule has 0 spiro atoms. The Morgan fingerprint density at radius 3 is 2.87 bits per heavy atom. The molecule has 0 atom stereocenters. The molecule has 2 aromatic heterocycles. The highest BCUT2D eigenvalue weighted by Crippen LogP contribution is 2.23. The number of ether oxygens (including phenoxy) is 1. The maximum absolute atomic E-state index is 13.0. The normalized spacial score (nSPS) is 19.8. The third-order valence-electron chi connectivity index (χ3n) is 5.86. The largest absolute Gasteiger partial charge is 0.378 e. The minimum absolute atomic E-state index is 0.0562. The topological polar surface area (TPSA) is 68.0 Å². The van der Waals surface area contributed by atoms with Crippen molar-refractivity contribution < 1.29 is 9.53 Å². The molecule has 1 N–H and O–H groups in total. The average molecular weight is 423 g/mol. The van der Waals surface area contributed by atoms with Crippen molar-refractivity contribution in [1.82, 2.24) is 14.7 Å². The zero-order valence-corrected chi connectivity index (χ0v) is 18.9. The number of nitrogens with zero attached hydrogens (tertiary/aromatic N) is 3. The lowest BCUT2D eigenvalue weighted by atomic mass is 9.92. The van der Waals surface area contributed by atoms with Crippen LogP contribution in [-0.4, -0.2) is 40.8 Å². The van der Waals surface area contributed by atoms with E-state index < -0.39 is 0 Å². The molecule has 0 aromatic carbocycles. The van der Waals surface area contributed by atoms with Crippen LogP contribution in [0.5, 0.6) is 0 Å². The molecule has 3 rings (SSSR count). The summed E-state index contributed by atoms with van der Waals surface area (Å²) < 4.78 is 7.91. The van der Waals surface area contributed by atoms with Crippen molar-refractivity contribution in [1.29, 1.82) is 0 Å². The van der Waals surface area contributed by atoms with Crippen LogP contribution in [0.15, 0.2) is 41.7 Å². The summed E-state index contributed by atoms with van der Waals surface area (Å²) in [7, 11) is 0. The fraction of sp³-hybridized carbons (Fsp3) is 0.480. The van der Waals surface area contributed by atoms with Crippen molar-refractivity contribution in [3.63, 3.8) is 0 Å². The molecule has 2 heterocycles. The van der Waals surface area contributed by atoms with Crippen molar-refractivity contribution in [2.24, 2.45) is 4.99 Å². The minimum atomic E-state index is -0.0562. The standard InChI is InChI=1S/C25H34N4O2/c1-5-6-16-31-21-11-9-20(10-12-21)27-25(30)22-13-15-29-19(3)17-23(28-24(22)29)18(2)8-7-14-26-4/h7-8,13-15,17,20-21H,4-6,9-12,16H2,1-3H3,(H,27,30)/b14-7-,18-8+/t20-,21-. The molecule has 0 unspecified atom stereocenters. The van der Waals surface area contributed by atoms with E-state index in [1.54, 1.807) is 6.20 Å². The lowest BCUT2D eigenvalue weighted by Crippen LogP contribution is -2.39. The molecule has 166 valence electrons. The summed E-state index contributed by atoms with van der Waals surface area (Å²) in [6.07, 6.45) is 13.8. The van der Waals surface area contributed by atoms with Gasteiger partial charge >= 0.3 is 0 Å². The van der Waals surface area contributed by atoms with Gasteiger partial charge in [-0.15, -0.1) is 0 Å². The van der Waals surface area contributed by atoms with Gasteiger partial charge in [-0.05, 0) is 76.5 Å². The molecule has 1 aliphatic carbocycles. The van der Waals surface area contributed by atoms with E-state index in [9.17, 15) is 4.79 Å². The van der Waals surface area contributed by atoms with Gasteiger partial charge in [0.2, 0.25) is 0 Å². The zero-order chi connectivity index (χ0) is 22.2. The number of aryl methyl sites for hydroxylation is 1. The van der Waals surface area contributed by atoms with Crippen LogP contribution >= 0.6 is 0 Å². The number of fused-ring (bicyclic) bond motifs is 1. The van der Waals surface area contributed by atoms with Crippen LogP contribution in [0, 0.1) is 6.92 Å². The molecule has 1 saturated carbocycles. The number of allylic oxidation sites excluding steroid dienone is 3. The van der Waals surface area contributed by atoms with Crippen LogP contribution < -0.4 is 5.32 Å². The summed E-state index contributed by atoms with van der Waals surface area (Å²) in [5.74, 6) is -0.0562. The number of rotatable bonds is 9. The summed E-state index contributed by atoms with van der Waals surface area (Å²) in [6, 6.07) is 4.07. The van der Waals surface area contributed by atoms with E-state index in [4.69, 9.17) is 9.72 Å². The van der Waals surface area contributed by atoms with E-state index in [0.29, 0.717) is 17.3 Å². The number of carbonyl (C=O) groups excluding carboxylic acids is 1. The van der Waals surface area contributed by atoms with Gasteiger partial charge in [0, 0.05) is 30.7 Å². The number of hydrogen-bond donors (Lipinski definition) is 1. The number of aliphatic imine (C=N–C) groups is 1. The van der Waals surface area contributed by atoms with E-state index in [1.807, 2.05) is 48.7 Å². The quantitative estimate of drug-likeness (QED) is 0.346. The van der Waals surface area contributed by atoms with Crippen molar-refractivity contribution in [2.45, 2.75) is 71.4 Å².